The smallest absolute Gasteiger partial charge is 0.296 e. The van der Waals surface area contributed by atoms with E-state index < -0.39 is 17.7 Å². The monoisotopic (exact) mass is 373 g/mol. The van der Waals surface area contributed by atoms with E-state index in [-0.39, 0.29) is 17.9 Å². The zero-order valence-corrected chi connectivity index (χ0v) is 15.3. The van der Waals surface area contributed by atoms with Gasteiger partial charge in [0.2, 0.25) is 0 Å². The Kier molecular flexibility index (Phi) is 4.57. The molecular weight excluding hydrogens is 354 g/mol. The Morgan fingerprint density at radius 2 is 1.71 bits per heavy atom. The molecule has 0 bridgehead atoms. The van der Waals surface area contributed by atoms with Gasteiger partial charge in [0.25, 0.3) is 11.7 Å². The lowest BCUT2D eigenvalue weighted by molar-refractivity contribution is -0.140. The maximum absolute atomic E-state index is 12.9. The van der Waals surface area contributed by atoms with Crippen molar-refractivity contribution in [3.05, 3.63) is 101 Å². The van der Waals surface area contributed by atoms with Crippen molar-refractivity contribution in [2.24, 2.45) is 0 Å². The first-order valence-corrected chi connectivity index (χ1v) is 8.99. The second kappa shape index (κ2) is 7.19. The van der Waals surface area contributed by atoms with Crippen LogP contribution in [0, 0.1) is 6.92 Å². The summed E-state index contributed by atoms with van der Waals surface area (Å²) in [6.45, 7) is 2.11. The summed E-state index contributed by atoms with van der Waals surface area (Å²) >= 11 is 0. The SMILES string of the molecule is Cc1ccc([C@@H]2/C(=C(\O)c3ccccc3)C(=O)C(=O)N2Cc2ccco2)cc1. The highest BCUT2D eigenvalue weighted by atomic mass is 16.3. The minimum Gasteiger partial charge on any atom is -0.507 e. The summed E-state index contributed by atoms with van der Waals surface area (Å²) in [6, 6.07) is 19.2. The molecule has 28 heavy (non-hydrogen) atoms. The van der Waals surface area contributed by atoms with Crippen molar-refractivity contribution in [2.45, 2.75) is 19.5 Å². The summed E-state index contributed by atoms with van der Waals surface area (Å²) < 4.78 is 5.38. The maximum Gasteiger partial charge on any atom is 0.296 e. The molecule has 140 valence electrons. The average Bonchev–Trinajstić information content (AvgIpc) is 3.31. The van der Waals surface area contributed by atoms with Crippen molar-refractivity contribution in [1.82, 2.24) is 4.90 Å². The Morgan fingerprint density at radius 1 is 1.00 bits per heavy atom. The summed E-state index contributed by atoms with van der Waals surface area (Å²) in [5.41, 5.74) is 2.41. The Bertz CT molecular complexity index is 1030. The molecule has 0 aliphatic carbocycles. The second-order valence-electron chi connectivity index (χ2n) is 6.78. The van der Waals surface area contributed by atoms with E-state index in [0.29, 0.717) is 11.3 Å². The minimum atomic E-state index is -0.696. The molecule has 3 aromatic rings. The molecular formula is C23H19NO4. The van der Waals surface area contributed by atoms with Gasteiger partial charge in [-0.1, -0.05) is 60.2 Å². The number of aliphatic hydroxyl groups is 1. The number of hydrogen-bond donors (Lipinski definition) is 1. The van der Waals surface area contributed by atoms with E-state index in [9.17, 15) is 14.7 Å². The highest BCUT2D eigenvalue weighted by molar-refractivity contribution is 6.46. The van der Waals surface area contributed by atoms with Crippen LogP contribution in [0.1, 0.15) is 28.5 Å². The van der Waals surface area contributed by atoms with Gasteiger partial charge < -0.3 is 14.4 Å². The third-order valence-corrected chi connectivity index (χ3v) is 4.89. The molecule has 5 nitrogen and oxygen atoms in total. The van der Waals surface area contributed by atoms with Gasteiger partial charge in [-0.2, -0.15) is 0 Å². The molecule has 5 heteroatoms. The number of nitrogens with zero attached hydrogens (tertiary/aromatic N) is 1. The van der Waals surface area contributed by atoms with Crippen LogP contribution in [-0.4, -0.2) is 21.7 Å². The first kappa shape index (κ1) is 17.8. The van der Waals surface area contributed by atoms with E-state index in [1.165, 1.54) is 11.2 Å². The largest absolute Gasteiger partial charge is 0.507 e. The lowest BCUT2D eigenvalue weighted by Crippen LogP contribution is -2.29. The number of rotatable bonds is 4. The van der Waals surface area contributed by atoms with Crippen molar-refractivity contribution >= 4 is 17.4 Å². The normalized spacial score (nSPS) is 18.6. The van der Waals surface area contributed by atoms with Crippen LogP contribution in [0.4, 0.5) is 0 Å². The van der Waals surface area contributed by atoms with Crippen LogP contribution in [0.2, 0.25) is 0 Å². The summed E-state index contributed by atoms with van der Waals surface area (Å²) in [5, 5.41) is 10.9. The number of likely N-dealkylation sites (tertiary alicyclic amines) is 1. The lowest BCUT2D eigenvalue weighted by atomic mass is 9.95. The van der Waals surface area contributed by atoms with E-state index >= 15 is 0 Å². The van der Waals surface area contributed by atoms with Gasteiger partial charge in [0.15, 0.2) is 0 Å². The highest BCUT2D eigenvalue weighted by Gasteiger charge is 2.46. The molecule has 2 aromatic carbocycles. The highest BCUT2D eigenvalue weighted by Crippen LogP contribution is 2.40. The lowest BCUT2D eigenvalue weighted by Gasteiger charge is -2.24. The number of aliphatic hydroxyl groups excluding tert-OH is 1. The number of Topliss-reactive ketones (excluding diaryl/α,β-unsaturated/α-hetero) is 1. The summed E-state index contributed by atoms with van der Waals surface area (Å²) in [5.74, 6) is -0.955. The third-order valence-electron chi connectivity index (χ3n) is 4.89. The van der Waals surface area contributed by atoms with Crippen LogP contribution in [0.5, 0.6) is 0 Å². The van der Waals surface area contributed by atoms with Gasteiger partial charge in [-0.3, -0.25) is 9.59 Å². The van der Waals surface area contributed by atoms with Gasteiger partial charge >= 0.3 is 0 Å². The predicted octanol–water partition coefficient (Wildman–Crippen LogP) is 4.21. The number of aryl methyl sites for hydroxylation is 1. The number of hydrogen-bond acceptors (Lipinski definition) is 4. The molecule has 2 heterocycles. The van der Waals surface area contributed by atoms with Gasteiger partial charge in [-0.15, -0.1) is 0 Å². The Morgan fingerprint density at radius 3 is 2.36 bits per heavy atom. The molecule has 1 amide bonds. The van der Waals surface area contributed by atoms with E-state index in [1.54, 1.807) is 36.4 Å². The molecule has 1 aliphatic rings. The van der Waals surface area contributed by atoms with Gasteiger partial charge in [0.05, 0.1) is 24.4 Å². The molecule has 1 aliphatic heterocycles. The van der Waals surface area contributed by atoms with Crippen LogP contribution in [0.25, 0.3) is 5.76 Å². The van der Waals surface area contributed by atoms with E-state index in [1.807, 2.05) is 37.3 Å². The van der Waals surface area contributed by atoms with Crippen LogP contribution in [0.3, 0.4) is 0 Å². The van der Waals surface area contributed by atoms with E-state index in [2.05, 4.69) is 0 Å². The van der Waals surface area contributed by atoms with Crippen LogP contribution in [-0.2, 0) is 16.1 Å². The van der Waals surface area contributed by atoms with E-state index in [0.717, 1.165) is 11.1 Å². The van der Waals surface area contributed by atoms with Crippen molar-refractivity contribution in [2.75, 3.05) is 0 Å². The topological polar surface area (TPSA) is 70.8 Å². The second-order valence-corrected chi connectivity index (χ2v) is 6.78. The molecule has 4 rings (SSSR count). The van der Waals surface area contributed by atoms with Gasteiger partial charge in [-0.25, -0.2) is 0 Å². The number of ketones is 1. The number of benzene rings is 2. The standard InChI is InChI=1S/C23H19NO4/c1-15-9-11-16(12-10-15)20-19(21(25)17-6-3-2-4-7-17)22(26)23(27)24(20)14-18-8-5-13-28-18/h2-13,20,25H,14H2,1H3/b21-19+/t20-/m1/s1. The van der Waals surface area contributed by atoms with Crippen molar-refractivity contribution in [3.63, 3.8) is 0 Å². The molecule has 0 saturated carbocycles. The Hall–Kier alpha value is -3.60. The van der Waals surface area contributed by atoms with Gasteiger partial charge in [0.1, 0.15) is 11.5 Å². The Labute approximate surface area is 162 Å². The van der Waals surface area contributed by atoms with Gasteiger partial charge in [-0.05, 0) is 24.6 Å². The molecule has 1 aromatic heterocycles. The first-order chi connectivity index (χ1) is 13.6. The Balaban J connectivity index is 1.86. The van der Waals surface area contributed by atoms with Crippen molar-refractivity contribution < 1.29 is 19.1 Å². The summed E-state index contributed by atoms with van der Waals surface area (Å²) in [7, 11) is 0. The quantitative estimate of drug-likeness (QED) is 0.422. The van der Waals surface area contributed by atoms with Crippen molar-refractivity contribution in [1.29, 1.82) is 0 Å². The fourth-order valence-corrected chi connectivity index (χ4v) is 3.46. The molecule has 1 fully saturated rings. The number of carbonyl (C=O) groups excluding carboxylic acids is 2. The number of amides is 1. The average molecular weight is 373 g/mol. The fourth-order valence-electron chi connectivity index (χ4n) is 3.46. The zero-order chi connectivity index (χ0) is 19.7. The maximum atomic E-state index is 12.9. The van der Waals surface area contributed by atoms with E-state index in [4.69, 9.17) is 4.42 Å². The van der Waals surface area contributed by atoms with Crippen molar-refractivity contribution in [3.8, 4) is 0 Å². The summed E-state index contributed by atoms with van der Waals surface area (Å²) in [6.07, 6.45) is 1.52. The molecule has 1 saturated heterocycles. The number of carbonyl (C=O) groups is 2. The number of furan rings is 1. The molecule has 0 spiro atoms. The zero-order valence-electron chi connectivity index (χ0n) is 15.3. The first-order valence-electron chi connectivity index (χ1n) is 8.99. The predicted molar refractivity (Wildman–Crippen MR) is 104 cm³/mol. The molecule has 0 radical (unpaired) electrons. The summed E-state index contributed by atoms with van der Waals surface area (Å²) in [4.78, 5) is 27.1. The fraction of sp³-hybridized carbons (Fsp3) is 0.130. The molecule has 1 N–H and O–H groups in total. The third kappa shape index (κ3) is 3.11. The van der Waals surface area contributed by atoms with Crippen LogP contribution < -0.4 is 0 Å². The van der Waals surface area contributed by atoms with Crippen LogP contribution >= 0.6 is 0 Å². The van der Waals surface area contributed by atoms with Crippen LogP contribution in [0.15, 0.2) is 83.0 Å². The van der Waals surface area contributed by atoms with Gasteiger partial charge in [0, 0.05) is 5.56 Å². The minimum absolute atomic E-state index is 0.0895. The molecule has 0 unspecified atom stereocenters. The molecule has 1 atom stereocenters.